The van der Waals surface area contributed by atoms with Crippen LogP contribution in [0.1, 0.15) is 102 Å². The molecule has 13 nitrogen and oxygen atoms in total. The number of alkyl carbamates (subject to hydrolysis) is 1. The molecule has 2 aromatic carbocycles. The number of carbonyl (C=O) groups excluding carboxylic acids is 3. The van der Waals surface area contributed by atoms with E-state index in [0.717, 1.165) is 62.5 Å². The molecule has 0 radical (unpaired) electrons. The van der Waals surface area contributed by atoms with E-state index in [9.17, 15) is 14.4 Å². The van der Waals surface area contributed by atoms with E-state index in [1.54, 1.807) is 0 Å². The van der Waals surface area contributed by atoms with Crippen molar-refractivity contribution in [3.8, 4) is 11.1 Å². The molecule has 2 aromatic rings. The number of nitrogens with two attached hydrogens (primary N) is 1. The van der Waals surface area contributed by atoms with Crippen LogP contribution in [-0.2, 0) is 33.6 Å². The van der Waals surface area contributed by atoms with Crippen LogP contribution in [0.25, 0.3) is 11.1 Å². The van der Waals surface area contributed by atoms with Crippen LogP contribution in [0.5, 0.6) is 0 Å². The van der Waals surface area contributed by atoms with Gasteiger partial charge in [0, 0.05) is 50.1 Å². The van der Waals surface area contributed by atoms with Gasteiger partial charge in [-0.2, -0.15) is 9.78 Å². The Morgan fingerprint density at radius 3 is 2.18 bits per heavy atom. The average Bonchev–Trinajstić information content (AvgIpc) is 3.70. The number of hydrogen-bond donors (Lipinski definition) is 5. The molecule has 1 heterocycles. The fourth-order valence-corrected chi connectivity index (χ4v) is 10.6. The summed E-state index contributed by atoms with van der Waals surface area (Å²) in [6.45, 7) is 5.22. The summed E-state index contributed by atoms with van der Waals surface area (Å²) in [7, 11) is 0. The van der Waals surface area contributed by atoms with Crippen molar-refractivity contribution >= 4 is 24.4 Å². The number of ether oxygens (including phenoxy) is 2. The Kier molecular flexibility index (Phi) is 11.3. The molecular weight excluding hydrogens is 704 g/mol. The van der Waals surface area contributed by atoms with Crippen LogP contribution in [0.4, 0.5) is 4.79 Å². The minimum atomic E-state index is -0.798. The van der Waals surface area contributed by atoms with Crippen molar-refractivity contribution in [2.45, 2.75) is 108 Å². The first-order chi connectivity index (χ1) is 26.4. The minimum Gasteiger partial charge on any atom is -0.483 e. The van der Waals surface area contributed by atoms with Crippen LogP contribution < -0.4 is 21.7 Å². The lowest BCUT2D eigenvalue weighted by atomic mass is 9.47. The molecule has 3 amide bonds. The van der Waals surface area contributed by atoms with Gasteiger partial charge in [0.1, 0.15) is 6.61 Å². The Balaban J connectivity index is 0.00000150. The Morgan fingerprint density at radius 1 is 0.945 bits per heavy atom. The molecule has 3 unspecified atom stereocenters. The molecule has 9 rings (SSSR count). The van der Waals surface area contributed by atoms with Crippen LogP contribution >= 0.6 is 0 Å². The first-order valence-electron chi connectivity index (χ1n) is 20.0. The number of fused-ring (bicyclic) bond motifs is 3. The summed E-state index contributed by atoms with van der Waals surface area (Å²) in [6.07, 6.45) is 8.07. The van der Waals surface area contributed by atoms with Gasteiger partial charge in [0.05, 0.1) is 11.0 Å². The van der Waals surface area contributed by atoms with E-state index in [2.05, 4.69) is 40.2 Å². The highest BCUT2D eigenvalue weighted by Crippen LogP contribution is 2.67. The molecule has 55 heavy (non-hydrogen) atoms. The zero-order valence-corrected chi connectivity index (χ0v) is 32.0. The highest BCUT2D eigenvalue weighted by atomic mass is 17.3. The first kappa shape index (κ1) is 39.2. The van der Waals surface area contributed by atoms with Gasteiger partial charge in [-0.15, -0.1) is 0 Å². The quantitative estimate of drug-likeness (QED) is 0.113. The van der Waals surface area contributed by atoms with Gasteiger partial charge in [-0.1, -0.05) is 48.5 Å². The number of carboxylic acid groups (broad SMARTS) is 1. The molecule has 2 spiro atoms. The SMILES string of the molecule is CC(C)(CNC(=O)CC1CCC2(CC1)OOC1(O2)[C@@H]2CC3C[C@H]1CC(C(=O)NCCCN)(C3)C2)NC(=O)OCC1c2ccccc2-c2ccccc21.O=CO. The van der Waals surface area contributed by atoms with Crippen LogP contribution in [0, 0.1) is 29.1 Å². The summed E-state index contributed by atoms with van der Waals surface area (Å²) in [5.74, 6) is -0.495. The molecule has 6 fully saturated rings. The van der Waals surface area contributed by atoms with Crippen molar-refractivity contribution in [3.05, 3.63) is 59.7 Å². The third-order valence-corrected chi connectivity index (χ3v) is 13.0. The van der Waals surface area contributed by atoms with Crippen molar-refractivity contribution in [1.82, 2.24) is 16.0 Å². The third-order valence-electron chi connectivity index (χ3n) is 13.0. The van der Waals surface area contributed by atoms with Crippen molar-refractivity contribution < 1.29 is 43.5 Å². The topological polar surface area (TPSA) is 188 Å². The van der Waals surface area contributed by atoms with E-state index >= 15 is 0 Å². The van der Waals surface area contributed by atoms with E-state index < -0.39 is 23.2 Å². The summed E-state index contributed by atoms with van der Waals surface area (Å²) in [6, 6.07) is 16.5. The molecular formula is C42H56N4O9. The zero-order chi connectivity index (χ0) is 38.8. The number of hydrogen-bond acceptors (Lipinski definition) is 9. The molecule has 5 saturated carbocycles. The van der Waals surface area contributed by atoms with Crippen molar-refractivity contribution in [3.63, 3.8) is 0 Å². The molecule has 298 valence electrons. The normalized spacial score (nSPS) is 31.3. The number of carbonyl (C=O) groups is 4. The van der Waals surface area contributed by atoms with Gasteiger partial charge in [-0.25, -0.2) is 4.79 Å². The smallest absolute Gasteiger partial charge is 0.407 e. The number of rotatable bonds is 11. The summed E-state index contributed by atoms with van der Waals surface area (Å²) in [5, 5.41) is 16.0. The van der Waals surface area contributed by atoms with Gasteiger partial charge in [0.2, 0.25) is 23.4 Å². The van der Waals surface area contributed by atoms with Gasteiger partial charge in [0.25, 0.3) is 6.47 Å². The van der Waals surface area contributed by atoms with Gasteiger partial charge >= 0.3 is 6.09 Å². The standard InChI is InChI=1S/C41H54N4O7.CH2O2/c1-38(2,45-37(48)49-24-34-32-10-5-3-8-30(32)31-9-4-6-11-33(31)34)25-44-35(46)20-26-12-14-40(15-13-26)50-41(52-51-40)28-18-27-19-29(41)23-39(21-27,22-28)36(47)43-17-7-16-42;2-1-3/h3-6,8-11,26-29,34H,7,12-25,42H2,1-2H3,(H,43,47)(H,44,46)(H,45,48);1H,(H,2,3)/t26?,27?,28-,29+,39?,40?,41?;. The Morgan fingerprint density at radius 2 is 1.56 bits per heavy atom. The van der Waals surface area contributed by atoms with E-state index in [1.807, 2.05) is 38.1 Å². The lowest BCUT2D eigenvalue weighted by Crippen LogP contribution is -2.65. The van der Waals surface area contributed by atoms with Crippen molar-refractivity contribution in [2.75, 3.05) is 26.2 Å². The van der Waals surface area contributed by atoms with E-state index in [1.165, 1.54) is 11.1 Å². The highest BCUT2D eigenvalue weighted by molar-refractivity contribution is 5.83. The molecule has 6 aliphatic carbocycles. The molecule has 0 aromatic heterocycles. The summed E-state index contributed by atoms with van der Waals surface area (Å²) < 4.78 is 12.6. The highest BCUT2D eigenvalue weighted by Gasteiger charge is 2.71. The maximum Gasteiger partial charge on any atom is 0.407 e. The number of amides is 3. The monoisotopic (exact) mass is 760 g/mol. The zero-order valence-electron chi connectivity index (χ0n) is 32.0. The molecule has 7 aliphatic rings. The Labute approximate surface area is 322 Å². The van der Waals surface area contributed by atoms with E-state index in [0.29, 0.717) is 38.3 Å². The second-order valence-electron chi connectivity index (χ2n) is 17.3. The van der Waals surface area contributed by atoms with Crippen molar-refractivity contribution in [1.29, 1.82) is 0 Å². The fourth-order valence-electron chi connectivity index (χ4n) is 10.6. The molecule has 13 heteroatoms. The van der Waals surface area contributed by atoms with Gasteiger partial charge in [-0.3, -0.25) is 14.4 Å². The van der Waals surface area contributed by atoms with E-state index in [-0.39, 0.29) is 60.5 Å². The van der Waals surface area contributed by atoms with E-state index in [4.69, 9.17) is 34.9 Å². The predicted molar refractivity (Wildman–Crippen MR) is 202 cm³/mol. The summed E-state index contributed by atoms with van der Waals surface area (Å²) in [5.41, 5.74) is 9.30. The Hall–Kier alpha value is -4.04. The lowest BCUT2D eigenvalue weighted by Gasteiger charge is -2.61. The second-order valence-corrected chi connectivity index (χ2v) is 17.3. The largest absolute Gasteiger partial charge is 0.483 e. The number of nitrogens with one attached hydrogen (secondary N) is 3. The van der Waals surface area contributed by atoms with Gasteiger partial charge in [-0.05, 0) is 106 Å². The van der Waals surface area contributed by atoms with Gasteiger partial charge < -0.3 is 36.3 Å². The van der Waals surface area contributed by atoms with Crippen LogP contribution in [0.3, 0.4) is 0 Å². The van der Waals surface area contributed by atoms with Crippen LogP contribution in [0.15, 0.2) is 48.5 Å². The maximum atomic E-state index is 13.4. The molecule has 1 saturated heterocycles. The van der Waals surface area contributed by atoms with Crippen LogP contribution in [0.2, 0.25) is 0 Å². The third kappa shape index (κ3) is 7.85. The van der Waals surface area contributed by atoms with Crippen LogP contribution in [-0.4, -0.2) is 72.8 Å². The minimum absolute atomic E-state index is 0.0162. The number of benzene rings is 2. The first-order valence-corrected chi connectivity index (χ1v) is 20.0. The molecule has 5 atom stereocenters. The predicted octanol–water partition coefficient (Wildman–Crippen LogP) is 5.36. The lowest BCUT2D eigenvalue weighted by molar-refractivity contribution is -0.393. The fraction of sp³-hybridized carbons (Fsp3) is 0.619. The second kappa shape index (κ2) is 15.8. The van der Waals surface area contributed by atoms with Gasteiger partial charge in [0.15, 0.2) is 0 Å². The molecule has 6 N–H and O–H groups in total. The Bertz CT molecular complexity index is 1680. The average molecular weight is 761 g/mol. The van der Waals surface area contributed by atoms with Crippen molar-refractivity contribution in [2.24, 2.45) is 34.8 Å². The maximum absolute atomic E-state index is 13.4. The summed E-state index contributed by atoms with van der Waals surface area (Å²) in [4.78, 5) is 60.1. The molecule has 4 bridgehead atoms. The molecule has 1 aliphatic heterocycles. The summed E-state index contributed by atoms with van der Waals surface area (Å²) >= 11 is 0.